The number of rotatable bonds is 6. The van der Waals surface area contributed by atoms with Gasteiger partial charge in [-0.05, 0) is 24.6 Å². The summed E-state index contributed by atoms with van der Waals surface area (Å²) in [5.74, 6) is -0.219. The second kappa shape index (κ2) is 7.90. The molecule has 0 atom stereocenters. The summed E-state index contributed by atoms with van der Waals surface area (Å²) in [6.45, 7) is 2.99. The summed E-state index contributed by atoms with van der Waals surface area (Å²) in [7, 11) is 0. The molecule has 0 radical (unpaired) electrons. The zero-order valence-corrected chi connectivity index (χ0v) is 16.0. The van der Waals surface area contributed by atoms with E-state index in [0.29, 0.717) is 0 Å². The van der Waals surface area contributed by atoms with E-state index < -0.39 is 5.82 Å². The number of hydrazone groups is 1. The first-order valence-electron chi connectivity index (χ1n) is 9.03. The lowest BCUT2D eigenvalue weighted by molar-refractivity contribution is 0.626. The molecule has 28 heavy (non-hydrogen) atoms. The van der Waals surface area contributed by atoms with Crippen LogP contribution in [0.2, 0.25) is 5.02 Å². The SMILES string of the molecule is CCCCn1c2ccccc2c2nnc(N/N=C/c3c(F)cccc3Cl)nc21. The molecule has 0 aliphatic carbocycles. The molecule has 2 aromatic heterocycles. The van der Waals surface area contributed by atoms with Crippen molar-refractivity contribution in [3.63, 3.8) is 0 Å². The Kier molecular flexibility index (Phi) is 5.16. The van der Waals surface area contributed by atoms with Crippen LogP contribution in [-0.2, 0) is 6.54 Å². The molecule has 0 aliphatic heterocycles. The lowest BCUT2D eigenvalue weighted by Crippen LogP contribution is -2.03. The van der Waals surface area contributed by atoms with Crippen molar-refractivity contribution in [3.05, 3.63) is 58.9 Å². The first kappa shape index (κ1) is 18.3. The second-order valence-electron chi connectivity index (χ2n) is 6.34. The van der Waals surface area contributed by atoms with Gasteiger partial charge in [0, 0.05) is 17.5 Å². The molecule has 0 saturated heterocycles. The van der Waals surface area contributed by atoms with Crippen LogP contribution >= 0.6 is 11.6 Å². The van der Waals surface area contributed by atoms with Gasteiger partial charge in [0.2, 0.25) is 0 Å². The van der Waals surface area contributed by atoms with Crippen molar-refractivity contribution in [2.75, 3.05) is 5.43 Å². The molecule has 1 N–H and O–H groups in total. The monoisotopic (exact) mass is 396 g/mol. The third kappa shape index (κ3) is 3.41. The van der Waals surface area contributed by atoms with Gasteiger partial charge in [-0.15, -0.1) is 10.2 Å². The highest BCUT2D eigenvalue weighted by atomic mass is 35.5. The lowest BCUT2D eigenvalue weighted by Gasteiger charge is -2.05. The van der Waals surface area contributed by atoms with Gasteiger partial charge in [-0.25, -0.2) is 9.82 Å². The molecule has 0 fully saturated rings. The van der Waals surface area contributed by atoms with Crippen molar-refractivity contribution in [1.29, 1.82) is 0 Å². The van der Waals surface area contributed by atoms with Gasteiger partial charge in [-0.2, -0.15) is 10.1 Å². The van der Waals surface area contributed by atoms with Crippen LogP contribution in [0, 0.1) is 5.82 Å². The van der Waals surface area contributed by atoms with Gasteiger partial charge in [0.05, 0.1) is 16.8 Å². The number of para-hydroxylation sites is 1. The second-order valence-corrected chi connectivity index (χ2v) is 6.74. The first-order valence-corrected chi connectivity index (χ1v) is 9.41. The molecular formula is C20H18ClFN6. The summed E-state index contributed by atoms with van der Waals surface area (Å²) in [5.41, 5.74) is 5.48. The van der Waals surface area contributed by atoms with Gasteiger partial charge in [0.25, 0.3) is 5.95 Å². The van der Waals surface area contributed by atoms with E-state index in [-0.39, 0.29) is 16.5 Å². The van der Waals surface area contributed by atoms with Crippen molar-refractivity contribution in [2.24, 2.45) is 5.10 Å². The predicted octanol–water partition coefficient (Wildman–Crippen LogP) is 5.02. The van der Waals surface area contributed by atoms with Crippen LogP contribution in [-0.4, -0.2) is 26.0 Å². The number of fused-ring (bicyclic) bond motifs is 3. The van der Waals surface area contributed by atoms with Gasteiger partial charge in [0.1, 0.15) is 11.3 Å². The van der Waals surface area contributed by atoms with Gasteiger partial charge in [0.15, 0.2) is 5.65 Å². The van der Waals surface area contributed by atoms with Gasteiger partial charge < -0.3 is 4.57 Å². The van der Waals surface area contributed by atoms with E-state index in [1.165, 1.54) is 12.3 Å². The molecule has 0 amide bonds. The van der Waals surface area contributed by atoms with Crippen molar-refractivity contribution in [2.45, 2.75) is 26.3 Å². The van der Waals surface area contributed by atoms with Crippen LogP contribution in [0.5, 0.6) is 0 Å². The molecule has 142 valence electrons. The zero-order valence-electron chi connectivity index (χ0n) is 15.2. The quantitative estimate of drug-likeness (QED) is 0.367. The number of anilines is 1. The number of unbranched alkanes of at least 4 members (excludes halogenated alkanes) is 1. The number of hydrogen-bond donors (Lipinski definition) is 1. The normalized spacial score (nSPS) is 11.7. The highest BCUT2D eigenvalue weighted by Crippen LogP contribution is 2.26. The van der Waals surface area contributed by atoms with Crippen LogP contribution < -0.4 is 5.43 Å². The number of hydrogen-bond acceptors (Lipinski definition) is 5. The number of aryl methyl sites for hydroxylation is 1. The highest BCUT2D eigenvalue weighted by molar-refractivity contribution is 6.33. The van der Waals surface area contributed by atoms with Gasteiger partial charge >= 0.3 is 0 Å². The summed E-state index contributed by atoms with van der Waals surface area (Å²) in [6, 6.07) is 12.5. The van der Waals surface area contributed by atoms with E-state index >= 15 is 0 Å². The smallest absolute Gasteiger partial charge is 0.265 e. The van der Waals surface area contributed by atoms with E-state index in [1.54, 1.807) is 12.1 Å². The molecule has 4 aromatic rings. The largest absolute Gasteiger partial charge is 0.324 e. The maximum atomic E-state index is 13.8. The van der Waals surface area contributed by atoms with Crippen LogP contribution in [0.25, 0.3) is 22.1 Å². The number of nitrogens with zero attached hydrogens (tertiary/aromatic N) is 5. The summed E-state index contributed by atoms with van der Waals surface area (Å²) in [4.78, 5) is 4.58. The van der Waals surface area contributed by atoms with Gasteiger partial charge in [-0.3, -0.25) is 0 Å². The minimum Gasteiger partial charge on any atom is -0.324 e. The molecule has 2 aromatic carbocycles. The van der Waals surface area contributed by atoms with Gasteiger partial charge in [-0.1, -0.05) is 49.2 Å². The summed E-state index contributed by atoms with van der Waals surface area (Å²) in [6.07, 6.45) is 3.41. The number of halogens is 2. The molecule has 6 nitrogen and oxygen atoms in total. The standard InChI is InChI=1S/C20H18ClFN6/c1-2-3-11-28-17-10-5-4-7-13(17)18-19(28)24-20(27-25-18)26-23-12-14-15(21)8-6-9-16(14)22/h4-10,12H,2-3,11H2,1H3,(H,24,26,27)/b23-12+. The minimum atomic E-state index is -0.452. The molecular weight excluding hydrogens is 379 g/mol. The molecule has 8 heteroatoms. The summed E-state index contributed by atoms with van der Waals surface area (Å²) >= 11 is 6.00. The maximum Gasteiger partial charge on any atom is 0.265 e. The predicted molar refractivity (Wildman–Crippen MR) is 110 cm³/mol. The van der Waals surface area contributed by atoms with Crippen LogP contribution in [0.1, 0.15) is 25.3 Å². The Morgan fingerprint density at radius 1 is 1.18 bits per heavy atom. The van der Waals surface area contributed by atoms with Crippen LogP contribution in [0.3, 0.4) is 0 Å². The molecule has 4 rings (SSSR count). The summed E-state index contributed by atoms with van der Waals surface area (Å²) < 4.78 is 16.0. The number of aromatic nitrogens is 4. The lowest BCUT2D eigenvalue weighted by atomic mass is 10.2. The molecule has 0 saturated carbocycles. The van der Waals surface area contributed by atoms with E-state index in [9.17, 15) is 4.39 Å². The highest BCUT2D eigenvalue weighted by Gasteiger charge is 2.14. The molecule has 2 heterocycles. The van der Waals surface area contributed by atoms with Crippen molar-refractivity contribution in [3.8, 4) is 0 Å². The van der Waals surface area contributed by atoms with E-state index in [4.69, 9.17) is 11.6 Å². The Morgan fingerprint density at radius 2 is 2.04 bits per heavy atom. The molecule has 0 bridgehead atoms. The van der Waals surface area contributed by atoms with Crippen LogP contribution in [0.4, 0.5) is 10.3 Å². The Labute approximate surface area is 166 Å². The zero-order chi connectivity index (χ0) is 19.5. The Balaban J connectivity index is 1.69. The van der Waals surface area contributed by atoms with Crippen molar-refractivity contribution >= 4 is 45.8 Å². The summed E-state index contributed by atoms with van der Waals surface area (Å²) in [5, 5.41) is 13.7. The minimum absolute atomic E-state index is 0.197. The van der Waals surface area contributed by atoms with Crippen molar-refractivity contribution < 1.29 is 4.39 Å². The Bertz CT molecular complexity index is 1150. The number of nitrogens with one attached hydrogen (secondary N) is 1. The molecule has 0 aliphatic rings. The Hall–Kier alpha value is -3.06. The van der Waals surface area contributed by atoms with E-state index in [2.05, 4.69) is 43.3 Å². The third-order valence-electron chi connectivity index (χ3n) is 4.47. The van der Waals surface area contributed by atoms with Crippen molar-refractivity contribution in [1.82, 2.24) is 19.7 Å². The molecule has 0 unspecified atom stereocenters. The number of benzene rings is 2. The first-order chi connectivity index (χ1) is 13.7. The maximum absolute atomic E-state index is 13.8. The molecule has 0 spiro atoms. The average molecular weight is 397 g/mol. The van der Waals surface area contributed by atoms with E-state index in [0.717, 1.165) is 41.5 Å². The topological polar surface area (TPSA) is 68.0 Å². The Morgan fingerprint density at radius 3 is 2.86 bits per heavy atom. The third-order valence-corrected chi connectivity index (χ3v) is 4.80. The van der Waals surface area contributed by atoms with Crippen LogP contribution in [0.15, 0.2) is 47.6 Å². The fraction of sp³-hybridized carbons (Fsp3) is 0.200. The van der Waals surface area contributed by atoms with E-state index in [1.807, 2.05) is 18.2 Å². The fourth-order valence-electron chi connectivity index (χ4n) is 3.08. The fourth-order valence-corrected chi connectivity index (χ4v) is 3.29. The average Bonchev–Trinajstić information content (AvgIpc) is 3.02.